The van der Waals surface area contributed by atoms with Crippen molar-refractivity contribution < 1.29 is 9.84 Å². The average molecular weight is 250 g/mol. The third kappa shape index (κ3) is 4.34. The minimum absolute atomic E-state index is 0.274. The number of hydrogen-bond donors (Lipinski definition) is 1. The summed E-state index contributed by atoms with van der Waals surface area (Å²) in [6, 6.07) is 7.83. The Balaban J connectivity index is 2.73. The van der Waals surface area contributed by atoms with E-state index in [0.717, 1.165) is 30.6 Å². The van der Waals surface area contributed by atoms with Crippen LogP contribution in [0.15, 0.2) is 24.3 Å². The lowest BCUT2D eigenvalue weighted by atomic mass is 9.92. The Kier molecular flexibility index (Phi) is 6.81. The van der Waals surface area contributed by atoms with Crippen molar-refractivity contribution in [3.05, 3.63) is 29.8 Å². The van der Waals surface area contributed by atoms with E-state index in [-0.39, 0.29) is 5.92 Å². The molecule has 1 aromatic rings. The van der Waals surface area contributed by atoms with Gasteiger partial charge in [0.15, 0.2) is 0 Å². The van der Waals surface area contributed by atoms with Gasteiger partial charge in [-0.15, -0.1) is 0 Å². The van der Waals surface area contributed by atoms with Crippen molar-refractivity contribution in [2.45, 2.75) is 52.6 Å². The minimum atomic E-state index is -0.426. The van der Waals surface area contributed by atoms with E-state index in [2.05, 4.69) is 20.8 Å². The van der Waals surface area contributed by atoms with Crippen molar-refractivity contribution in [2.24, 2.45) is 5.92 Å². The molecule has 1 rings (SSSR count). The van der Waals surface area contributed by atoms with Crippen molar-refractivity contribution in [3.8, 4) is 5.75 Å². The van der Waals surface area contributed by atoms with E-state index in [9.17, 15) is 5.11 Å². The first-order chi connectivity index (χ1) is 8.70. The van der Waals surface area contributed by atoms with Crippen LogP contribution < -0.4 is 4.74 Å². The largest absolute Gasteiger partial charge is 0.493 e. The van der Waals surface area contributed by atoms with Crippen LogP contribution in [0.1, 0.15) is 58.1 Å². The topological polar surface area (TPSA) is 29.5 Å². The zero-order valence-corrected chi connectivity index (χ0v) is 11.9. The van der Waals surface area contributed by atoms with Gasteiger partial charge in [0, 0.05) is 5.56 Å². The highest BCUT2D eigenvalue weighted by molar-refractivity contribution is 5.35. The van der Waals surface area contributed by atoms with Crippen molar-refractivity contribution >= 4 is 0 Å². The SMILES string of the molecule is CCCCC(C)C(O)c1ccccc1OCCC. The number of aliphatic hydroxyl groups excluding tert-OH is 1. The van der Waals surface area contributed by atoms with Gasteiger partial charge in [0.1, 0.15) is 5.75 Å². The molecular formula is C16H26O2. The molecule has 2 unspecified atom stereocenters. The first-order valence-electron chi connectivity index (χ1n) is 7.10. The molecule has 1 aromatic carbocycles. The Morgan fingerprint density at radius 3 is 2.56 bits per heavy atom. The van der Waals surface area contributed by atoms with Crippen molar-refractivity contribution in [1.82, 2.24) is 0 Å². The van der Waals surface area contributed by atoms with Gasteiger partial charge in [0.2, 0.25) is 0 Å². The summed E-state index contributed by atoms with van der Waals surface area (Å²) in [7, 11) is 0. The third-order valence-corrected chi connectivity index (χ3v) is 3.25. The lowest BCUT2D eigenvalue weighted by Gasteiger charge is -2.21. The van der Waals surface area contributed by atoms with Gasteiger partial charge in [-0.25, -0.2) is 0 Å². The number of para-hydroxylation sites is 1. The second-order valence-electron chi connectivity index (χ2n) is 4.95. The molecule has 0 amide bonds. The second-order valence-corrected chi connectivity index (χ2v) is 4.95. The number of rotatable bonds is 8. The quantitative estimate of drug-likeness (QED) is 0.744. The predicted octanol–water partition coefficient (Wildman–Crippen LogP) is 4.34. The summed E-state index contributed by atoms with van der Waals surface area (Å²) in [4.78, 5) is 0. The molecule has 0 aliphatic rings. The maximum Gasteiger partial charge on any atom is 0.125 e. The van der Waals surface area contributed by atoms with E-state index < -0.39 is 6.10 Å². The van der Waals surface area contributed by atoms with Crippen LogP contribution >= 0.6 is 0 Å². The highest BCUT2D eigenvalue weighted by atomic mass is 16.5. The van der Waals surface area contributed by atoms with Gasteiger partial charge in [0.05, 0.1) is 12.7 Å². The van der Waals surface area contributed by atoms with Crippen LogP contribution in [-0.2, 0) is 0 Å². The Bertz CT molecular complexity index is 336. The van der Waals surface area contributed by atoms with E-state index in [0.29, 0.717) is 6.61 Å². The zero-order chi connectivity index (χ0) is 13.4. The summed E-state index contributed by atoms with van der Waals surface area (Å²) < 4.78 is 5.70. The molecule has 0 saturated carbocycles. The third-order valence-electron chi connectivity index (χ3n) is 3.25. The van der Waals surface area contributed by atoms with E-state index in [4.69, 9.17) is 4.74 Å². The van der Waals surface area contributed by atoms with Gasteiger partial charge in [-0.05, 0) is 24.8 Å². The van der Waals surface area contributed by atoms with Gasteiger partial charge in [-0.2, -0.15) is 0 Å². The van der Waals surface area contributed by atoms with Crippen LogP contribution in [0.25, 0.3) is 0 Å². The summed E-state index contributed by atoms with van der Waals surface area (Å²) in [6.45, 7) is 7.07. The van der Waals surface area contributed by atoms with Gasteiger partial charge in [-0.1, -0.05) is 51.8 Å². The highest BCUT2D eigenvalue weighted by Gasteiger charge is 2.19. The van der Waals surface area contributed by atoms with E-state index in [1.54, 1.807) is 0 Å². The molecule has 18 heavy (non-hydrogen) atoms. The number of unbranched alkanes of at least 4 members (excludes halogenated alkanes) is 1. The zero-order valence-electron chi connectivity index (χ0n) is 11.9. The summed E-state index contributed by atoms with van der Waals surface area (Å²) in [6.07, 6.45) is 3.95. The lowest BCUT2D eigenvalue weighted by molar-refractivity contribution is 0.107. The Morgan fingerprint density at radius 2 is 1.89 bits per heavy atom. The molecule has 0 saturated heterocycles. The first-order valence-corrected chi connectivity index (χ1v) is 7.10. The van der Waals surface area contributed by atoms with Crippen LogP contribution in [-0.4, -0.2) is 11.7 Å². The molecule has 102 valence electrons. The predicted molar refractivity (Wildman–Crippen MR) is 75.9 cm³/mol. The molecule has 0 bridgehead atoms. The van der Waals surface area contributed by atoms with E-state index in [1.807, 2.05) is 24.3 Å². The molecule has 0 radical (unpaired) electrons. The first kappa shape index (κ1) is 15.0. The van der Waals surface area contributed by atoms with E-state index >= 15 is 0 Å². The molecule has 0 aliphatic heterocycles. The summed E-state index contributed by atoms with van der Waals surface area (Å²) in [5.74, 6) is 1.10. The maximum atomic E-state index is 10.4. The number of aliphatic hydroxyl groups is 1. The molecular weight excluding hydrogens is 224 g/mol. The molecule has 0 aliphatic carbocycles. The monoisotopic (exact) mass is 250 g/mol. The molecule has 0 spiro atoms. The molecule has 2 heteroatoms. The number of ether oxygens (including phenoxy) is 1. The van der Waals surface area contributed by atoms with Crippen LogP contribution in [0.2, 0.25) is 0 Å². The minimum Gasteiger partial charge on any atom is -0.493 e. The summed E-state index contributed by atoms with van der Waals surface area (Å²) in [5.41, 5.74) is 0.926. The van der Waals surface area contributed by atoms with Crippen LogP contribution in [0.4, 0.5) is 0 Å². The fourth-order valence-corrected chi connectivity index (χ4v) is 2.06. The molecule has 0 aromatic heterocycles. The highest BCUT2D eigenvalue weighted by Crippen LogP contribution is 2.32. The summed E-state index contributed by atoms with van der Waals surface area (Å²) >= 11 is 0. The van der Waals surface area contributed by atoms with Crippen molar-refractivity contribution in [3.63, 3.8) is 0 Å². The van der Waals surface area contributed by atoms with Crippen molar-refractivity contribution in [2.75, 3.05) is 6.61 Å². The molecule has 0 fully saturated rings. The standard InChI is InChI=1S/C16H26O2/c1-4-6-9-13(3)16(17)14-10-7-8-11-15(14)18-12-5-2/h7-8,10-11,13,16-17H,4-6,9,12H2,1-3H3. The molecule has 0 heterocycles. The Morgan fingerprint density at radius 1 is 1.17 bits per heavy atom. The average Bonchev–Trinajstić information content (AvgIpc) is 2.42. The van der Waals surface area contributed by atoms with Gasteiger partial charge < -0.3 is 9.84 Å². The Hall–Kier alpha value is -1.02. The Labute approximate surface area is 111 Å². The lowest BCUT2D eigenvalue weighted by Crippen LogP contribution is -2.11. The summed E-state index contributed by atoms with van der Waals surface area (Å²) in [5, 5.41) is 10.4. The van der Waals surface area contributed by atoms with Crippen LogP contribution in [0, 0.1) is 5.92 Å². The van der Waals surface area contributed by atoms with E-state index in [1.165, 1.54) is 6.42 Å². The molecule has 1 N–H and O–H groups in total. The normalized spacial score (nSPS) is 14.2. The van der Waals surface area contributed by atoms with Gasteiger partial charge >= 0.3 is 0 Å². The molecule has 2 atom stereocenters. The molecule has 2 nitrogen and oxygen atoms in total. The van der Waals surface area contributed by atoms with Gasteiger partial charge in [0.25, 0.3) is 0 Å². The van der Waals surface area contributed by atoms with Crippen LogP contribution in [0.5, 0.6) is 5.75 Å². The number of benzene rings is 1. The smallest absolute Gasteiger partial charge is 0.125 e. The van der Waals surface area contributed by atoms with Gasteiger partial charge in [-0.3, -0.25) is 0 Å². The maximum absolute atomic E-state index is 10.4. The fraction of sp³-hybridized carbons (Fsp3) is 0.625. The second kappa shape index (κ2) is 8.15. The number of hydrogen-bond acceptors (Lipinski definition) is 2. The fourth-order valence-electron chi connectivity index (χ4n) is 2.06. The van der Waals surface area contributed by atoms with Crippen LogP contribution in [0.3, 0.4) is 0 Å². The van der Waals surface area contributed by atoms with Crippen molar-refractivity contribution in [1.29, 1.82) is 0 Å².